The van der Waals surface area contributed by atoms with E-state index in [4.69, 9.17) is 0 Å². The highest BCUT2D eigenvalue weighted by molar-refractivity contribution is 7.91. The monoisotopic (exact) mass is 546 g/mol. The molecule has 0 aromatic carbocycles. The molecule has 0 spiro atoms. The summed E-state index contributed by atoms with van der Waals surface area (Å²) < 4.78 is 25.9. The third-order valence-corrected chi connectivity index (χ3v) is 9.34. The van der Waals surface area contributed by atoms with E-state index < -0.39 is 9.84 Å². The maximum absolute atomic E-state index is 13.8. The summed E-state index contributed by atoms with van der Waals surface area (Å²) in [5, 5.41) is 12.0. The zero-order valence-corrected chi connectivity index (χ0v) is 22.9. The van der Waals surface area contributed by atoms with E-state index in [1.165, 1.54) is 12.3 Å². The Morgan fingerprint density at radius 2 is 1.90 bits per heavy atom. The molecule has 0 radical (unpaired) electrons. The summed E-state index contributed by atoms with van der Waals surface area (Å²) in [7, 11) is -3.33. The molecule has 39 heavy (non-hydrogen) atoms. The highest BCUT2D eigenvalue weighted by Crippen LogP contribution is 2.44. The van der Waals surface area contributed by atoms with Gasteiger partial charge in [-0.3, -0.25) is 14.3 Å². The molecule has 11 nitrogen and oxygen atoms in total. The number of hydrogen-bond donors (Lipinski definition) is 1. The number of hydrogen-bond acceptors (Lipinski definition) is 10. The van der Waals surface area contributed by atoms with Crippen molar-refractivity contribution in [3.05, 3.63) is 58.2 Å². The van der Waals surface area contributed by atoms with Gasteiger partial charge < -0.3 is 5.32 Å². The van der Waals surface area contributed by atoms with Crippen LogP contribution in [0.4, 0.5) is 5.82 Å². The number of aromatic nitrogens is 7. The predicted octanol–water partition coefficient (Wildman–Crippen LogP) is 3.60. The Balaban J connectivity index is 1.38. The lowest BCUT2D eigenvalue weighted by molar-refractivity contribution is 0.485. The van der Waals surface area contributed by atoms with Crippen molar-refractivity contribution in [2.24, 2.45) is 5.92 Å². The van der Waals surface area contributed by atoms with Crippen LogP contribution >= 0.6 is 0 Å². The van der Waals surface area contributed by atoms with Gasteiger partial charge in [0.2, 0.25) is 5.65 Å². The molecule has 2 saturated carbocycles. The number of fused-ring (bicyclic) bond motifs is 1. The van der Waals surface area contributed by atoms with E-state index in [9.17, 15) is 13.2 Å². The maximum atomic E-state index is 13.8. The van der Waals surface area contributed by atoms with E-state index in [0.29, 0.717) is 34.4 Å². The summed E-state index contributed by atoms with van der Waals surface area (Å²) in [6.07, 6.45) is 7.26. The van der Waals surface area contributed by atoms with E-state index in [1.54, 1.807) is 23.9 Å². The molecule has 4 heterocycles. The van der Waals surface area contributed by atoms with Gasteiger partial charge in [0.15, 0.2) is 15.7 Å². The van der Waals surface area contributed by atoms with Crippen LogP contribution in [0.25, 0.3) is 22.4 Å². The second kappa shape index (κ2) is 9.74. The zero-order chi connectivity index (χ0) is 27.3. The first-order valence-electron chi connectivity index (χ1n) is 13.3. The van der Waals surface area contributed by atoms with Crippen LogP contribution in [0.2, 0.25) is 0 Å². The van der Waals surface area contributed by atoms with Crippen molar-refractivity contribution in [3.8, 4) is 11.3 Å². The molecule has 2 fully saturated rings. The van der Waals surface area contributed by atoms with Gasteiger partial charge in [-0.15, -0.1) is 10.2 Å². The Morgan fingerprint density at radius 1 is 1.10 bits per heavy atom. The number of nitrogens with zero attached hydrogens (tertiary/aromatic N) is 7. The quantitative estimate of drug-likeness (QED) is 0.330. The van der Waals surface area contributed by atoms with Crippen molar-refractivity contribution in [1.82, 2.24) is 34.7 Å². The fourth-order valence-corrected chi connectivity index (χ4v) is 5.78. The van der Waals surface area contributed by atoms with Gasteiger partial charge in [-0.05, 0) is 63.6 Å². The number of nitrogens with one attached hydrogen (secondary N) is 1. The molecule has 1 atom stereocenters. The lowest BCUT2D eigenvalue weighted by atomic mass is 10.0. The van der Waals surface area contributed by atoms with Gasteiger partial charge in [-0.1, -0.05) is 6.92 Å². The van der Waals surface area contributed by atoms with Gasteiger partial charge in [0.25, 0.3) is 5.56 Å². The smallest absolute Gasteiger partial charge is 0.294 e. The first-order valence-corrected chi connectivity index (χ1v) is 15.0. The molecule has 1 N–H and O–H groups in total. The molecule has 4 aromatic rings. The lowest BCUT2D eigenvalue weighted by Crippen LogP contribution is -2.29. The van der Waals surface area contributed by atoms with Crippen LogP contribution in [0.5, 0.6) is 0 Å². The van der Waals surface area contributed by atoms with E-state index >= 15 is 0 Å². The number of sulfone groups is 1. The number of rotatable bonds is 9. The van der Waals surface area contributed by atoms with Crippen molar-refractivity contribution in [2.75, 3.05) is 11.1 Å². The standard InChI is InChI=1S/C27H30N8O3S/c1-4-39(37,38)20-10-9-19(28-13-20)12-29-26-27(36)35(16(3)17-5-6-17)22-11-21(33-34-25(22)32-26)23-15(2)30-14-31-24(23)18-7-8-18/h9-11,13-14,16-18H,4-8,12H2,1-3H3,(H,29,32,34)/t16-/m0/s1. The Bertz CT molecular complexity index is 1730. The molecule has 4 aromatic heterocycles. The van der Waals surface area contributed by atoms with Crippen LogP contribution in [0.1, 0.15) is 68.6 Å². The van der Waals surface area contributed by atoms with Crippen LogP contribution in [0.15, 0.2) is 40.4 Å². The lowest BCUT2D eigenvalue weighted by Gasteiger charge is -2.19. The molecule has 202 valence electrons. The molecular weight excluding hydrogens is 516 g/mol. The first-order chi connectivity index (χ1) is 18.8. The molecule has 2 aliphatic rings. The molecule has 0 bridgehead atoms. The summed E-state index contributed by atoms with van der Waals surface area (Å²) in [4.78, 5) is 31.7. The van der Waals surface area contributed by atoms with Gasteiger partial charge in [0.05, 0.1) is 45.5 Å². The minimum Gasteiger partial charge on any atom is -0.360 e. The molecule has 0 amide bonds. The van der Waals surface area contributed by atoms with Crippen LogP contribution in [0.3, 0.4) is 0 Å². The average molecular weight is 547 g/mol. The van der Waals surface area contributed by atoms with Crippen LogP contribution in [0, 0.1) is 12.8 Å². The number of aryl methyl sites for hydroxylation is 1. The molecule has 0 unspecified atom stereocenters. The van der Waals surface area contributed by atoms with Gasteiger partial charge in [0, 0.05) is 23.7 Å². The minimum absolute atomic E-state index is 0.00746. The van der Waals surface area contributed by atoms with Crippen molar-refractivity contribution >= 4 is 26.8 Å². The molecule has 2 aliphatic carbocycles. The SMILES string of the molecule is CCS(=O)(=O)c1ccc(CNc2nc3nnc(-c4c(C)ncnc4C4CC4)cc3n([C@@H](C)C3CC3)c2=O)nc1. The van der Waals surface area contributed by atoms with Gasteiger partial charge in [0.1, 0.15) is 6.33 Å². The first kappa shape index (κ1) is 25.5. The fraction of sp³-hybridized carbons (Fsp3) is 0.444. The van der Waals surface area contributed by atoms with Crippen molar-refractivity contribution in [2.45, 2.75) is 69.9 Å². The Kier molecular flexibility index (Phi) is 6.37. The van der Waals surface area contributed by atoms with E-state index in [-0.39, 0.29) is 34.6 Å². The molecular formula is C27H30N8O3S. The Morgan fingerprint density at radius 3 is 2.56 bits per heavy atom. The summed E-state index contributed by atoms with van der Waals surface area (Å²) >= 11 is 0. The number of pyridine rings is 1. The second-order valence-corrected chi connectivity index (χ2v) is 12.7. The molecule has 6 rings (SSSR count). The van der Waals surface area contributed by atoms with Crippen molar-refractivity contribution in [1.29, 1.82) is 0 Å². The van der Waals surface area contributed by atoms with Crippen LogP contribution in [-0.4, -0.2) is 48.9 Å². The summed E-state index contributed by atoms with van der Waals surface area (Å²) in [5.74, 6) is 0.979. The predicted molar refractivity (Wildman–Crippen MR) is 146 cm³/mol. The van der Waals surface area contributed by atoms with Gasteiger partial charge in [-0.2, -0.15) is 0 Å². The topological polar surface area (TPSA) is 146 Å². The van der Waals surface area contributed by atoms with E-state index in [2.05, 4.69) is 42.4 Å². The highest BCUT2D eigenvalue weighted by Gasteiger charge is 2.33. The van der Waals surface area contributed by atoms with Crippen LogP contribution in [-0.2, 0) is 16.4 Å². The number of anilines is 1. The normalized spacial score (nSPS) is 16.4. The summed E-state index contributed by atoms with van der Waals surface area (Å²) in [6.45, 7) is 5.80. The van der Waals surface area contributed by atoms with Gasteiger partial charge in [-0.25, -0.2) is 23.4 Å². The minimum atomic E-state index is -3.33. The third-order valence-electron chi connectivity index (χ3n) is 7.63. The second-order valence-electron chi connectivity index (χ2n) is 10.4. The Labute approximate surface area is 226 Å². The maximum Gasteiger partial charge on any atom is 0.294 e. The van der Waals surface area contributed by atoms with Gasteiger partial charge >= 0.3 is 0 Å². The molecule has 12 heteroatoms. The van der Waals surface area contributed by atoms with E-state index in [0.717, 1.165) is 42.6 Å². The largest absolute Gasteiger partial charge is 0.360 e. The summed E-state index contributed by atoms with van der Waals surface area (Å²) in [5.41, 5.74) is 4.69. The zero-order valence-electron chi connectivity index (χ0n) is 22.1. The van der Waals surface area contributed by atoms with Crippen molar-refractivity contribution < 1.29 is 8.42 Å². The molecule has 0 aliphatic heterocycles. The van der Waals surface area contributed by atoms with Crippen molar-refractivity contribution in [3.63, 3.8) is 0 Å². The fourth-order valence-electron chi connectivity index (χ4n) is 4.96. The Hall–Kier alpha value is -3.80. The third kappa shape index (κ3) is 4.88. The molecule has 0 saturated heterocycles. The summed E-state index contributed by atoms with van der Waals surface area (Å²) in [6, 6.07) is 5.02. The van der Waals surface area contributed by atoms with Crippen LogP contribution < -0.4 is 10.9 Å². The van der Waals surface area contributed by atoms with E-state index in [1.807, 2.05) is 13.0 Å². The highest BCUT2D eigenvalue weighted by atomic mass is 32.2. The average Bonchev–Trinajstić information content (AvgIpc) is 3.85.